The molecule has 0 saturated heterocycles. The minimum absolute atomic E-state index is 0.237. The fraction of sp³-hybridized carbons (Fsp3) is 0.625. The van der Waals surface area contributed by atoms with E-state index in [-0.39, 0.29) is 6.61 Å². The minimum Gasteiger partial charge on any atom is -0.491 e. The first-order valence-corrected chi connectivity index (χ1v) is 8.53. The van der Waals surface area contributed by atoms with E-state index in [1.807, 2.05) is 32.2 Å². The number of hydrogen-bond donors (Lipinski definition) is 3. The molecule has 0 heterocycles. The molecule has 2 unspecified atom stereocenters. The monoisotopic (exact) mass is 313 g/mol. The van der Waals surface area contributed by atoms with Crippen LogP contribution in [0.4, 0.5) is 0 Å². The summed E-state index contributed by atoms with van der Waals surface area (Å²) >= 11 is 1.60. The molecule has 0 amide bonds. The number of thioether (sulfide) groups is 1. The number of benzene rings is 1. The fourth-order valence-corrected chi connectivity index (χ4v) is 2.86. The third kappa shape index (κ3) is 7.71. The number of aryl methyl sites for hydroxylation is 2. The van der Waals surface area contributed by atoms with Crippen LogP contribution >= 0.6 is 11.8 Å². The predicted molar refractivity (Wildman–Crippen MR) is 89.3 cm³/mol. The number of rotatable bonds is 9. The Labute approximate surface area is 131 Å². The highest BCUT2D eigenvalue weighted by Gasteiger charge is 2.19. The third-order valence-corrected chi connectivity index (χ3v) is 3.89. The normalized spacial score (nSPS) is 15.5. The van der Waals surface area contributed by atoms with Gasteiger partial charge in [0.2, 0.25) is 0 Å². The topological polar surface area (TPSA) is 61.7 Å². The van der Waals surface area contributed by atoms with Gasteiger partial charge >= 0.3 is 0 Å². The first-order chi connectivity index (χ1) is 9.82. The van der Waals surface area contributed by atoms with Gasteiger partial charge in [-0.15, -0.1) is 0 Å². The van der Waals surface area contributed by atoms with Crippen molar-refractivity contribution in [2.75, 3.05) is 31.7 Å². The number of nitrogens with one attached hydrogen (secondary N) is 1. The van der Waals surface area contributed by atoms with Crippen molar-refractivity contribution in [1.82, 2.24) is 5.32 Å². The molecule has 0 bridgehead atoms. The Kier molecular flexibility index (Phi) is 7.52. The van der Waals surface area contributed by atoms with Gasteiger partial charge in [0.1, 0.15) is 18.5 Å². The van der Waals surface area contributed by atoms with Crippen LogP contribution in [0.15, 0.2) is 18.2 Å². The van der Waals surface area contributed by atoms with Crippen molar-refractivity contribution in [3.05, 3.63) is 29.3 Å². The second kappa shape index (κ2) is 8.63. The lowest BCUT2D eigenvalue weighted by atomic mass is 10.1. The van der Waals surface area contributed by atoms with Crippen LogP contribution in [0.3, 0.4) is 0 Å². The SMILES string of the molecule is CSCC(C)(O)CNCC(O)COc1cc(C)cc(C)c1. The van der Waals surface area contributed by atoms with E-state index in [2.05, 4.69) is 11.4 Å². The van der Waals surface area contributed by atoms with Crippen LogP contribution in [0.2, 0.25) is 0 Å². The summed E-state index contributed by atoms with van der Waals surface area (Å²) in [5.74, 6) is 1.44. The Bertz CT molecular complexity index is 417. The van der Waals surface area contributed by atoms with Crippen molar-refractivity contribution < 1.29 is 14.9 Å². The largest absolute Gasteiger partial charge is 0.491 e. The average Bonchev–Trinajstić information content (AvgIpc) is 2.35. The Morgan fingerprint density at radius 1 is 1.29 bits per heavy atom. The van der Waals surface area contributed by atoms with Gasteiger partial charge in [-0.25, -0.2) is 0 Å². The molecule has 1 rings (SSSR count). The van der Waals surface area contributed by atoms with Crippen LogP contribution in [0, 0.1) is 13.8 Å². The van der Waals surface area contributed by atoms with Crippen LogP contribution in [-0.4, -0.2) is 53.6 Å². The molecule has 5 heteroatoms. The zero-order chi connectivity index (χ0) is 15.9. The highest BCUT2D eigenvalue weighted by atomic mass is 32.2. The number of aliphatic hydroxyl groups is 2. The molecule has 0 fully saturated rings. The summed E-state index contributed by atoms with van der Waals surface area (Å²) in [5, 5.41) is 23.0. The van der Waals surface area contributed by atoms with Gasteiger partial charge in [0, 0.05) is 18.8 Å². The molecule has 0 aliphatic carbocycles. The summed E-state index contributed by atoms with van der Waals surface area (Å²) in [6.07, 6.45) is 1.36. The van der Waals surface area contributed by atoms with Crippen molar-refractivity contribution in [3.63, 3.8) is 0 Å². The van der Waals surface area contributed by atoms with E-state index < -0.39 is 11.7 Å². The lowest BCUT2D eigenvalue weighted by Gasteiger charge is -2.23. The molecule has 21 heavy (non-hydrogen) atoms. The minimum atomic E-state index is -0.756. The first-order valence-electron chi connectivity index (χ1n) is 7.13. The van der Waals surface area contributed by atoms with Crippen LogP contribution in [0.1, 0.15) is 18.1 Å². The molecule has 0 saturated carbocycles. The van der Waals surface area contributed by atoms with Gasteiger partial charge < -0.3 is 20.3 Å². The van der Waals surface area contributed by atoms with Gasteiger partial charge in [-0.2, -0.15) is 11.8 Å². The lowest BCUT2D eigenvalue weighted by molar-refractivity contribution is 0.0701. The van der Waals surface area contributed by atoms with Gasteiger partial charge in [-0.1, -0.05) is 6.07 Å². The summed E-state index contributed by atoms with van der Waals surface area (Å²) in [6, 6.07) is 5.99. The maximum atomic E-state index is 10.0. The molecule has 1 aromatic carbocycles. The Hall–Kier alpha value is -0.750. The van der Waals surface area contributed by atoms with E-state index in [0.29, 0.717) is 18.8 Å². The van der Waals surface area contributed by atoms with Gasteiger partial charge in [-0.05, 0) is 50.3 Å². The highest BCUT2D eigenvalue weighted by Crippen LogP contribution is 2.16. The molecule has 0 aromatic heterocycles. The summed E-state index contributed by atoms with van der Waals surface area (Å²) in [5.41, 5.74) is 1.53. The van der Waals surface area contributed by atoms with E-state index in [1.54, 1.807) is 18.7 Å². The zero-order valence-electron chi connectivity index (χ0n) is 13.3. The molecule has 0 spiro atoms. The summed E-state index contributed by atoms with van der Waals surface area (Å²) in [7, 11) is 0. The second-order valence-electron chi connectivity index (χ2n) is 5.85. The fourth-order valence-electron chi connectivity index (χ4n) is 2.14. The zero-order valence-corrected chi connectivity index (χ0v) is 14.2. The molecule has 0 aliphatic heterocycles. The molecule has 120 valence electrons. The van der Waals surface area contributed by atoms with Gasteiger partial charge in [0.15, 0.2) is 0 Å². The van der Waals surface area contributed by atoms with Crippen molar-refractivity contribution >= 4 is 11.8 Å². The van der Waals surface area contributed by atoms with E-state index in [9.17, 15) is 10.2 Å². The molecule has 2 atom stereocenters. The molecular formula is C16H27NO3S. The number of ether oxygens (including phenoxy) is 1. The maximum absolute atomic E-state index is 10.0. The second-order valence-corrected chi connectivity index (χ2v) is 6.72. The quantitative estimate of drug-likeness (QED) is 0.648. The van der Waals surface area contributed by atoms with Crippen LogP contribution in [-0.2, 0) is 0 Å². The van der Waals surface area contributed by atoms with Gasteiger partial charge in [0.25, 0.3) is 0 Å². The molecule has 0 aliphatic rings. The smallest absolute Gasteiger partial charge is 0.119 e. The van der Waals surface area contributed by atoms with Crippen molar-refractivity contribution in [3.8, 4) is 5.75 Å². The van der Waals surface area contributed by atoms with Gasteiger partial charge in [0.05, 0.1) is 5.60 Å². The maximum Gasteiger partial charge on any atom is 0.119 e. The molecule has 3 N–H and O–H groups in total. The van der Waals surface area contributed by atoms with Crippen LogP contribution < -0.4 is 10.1 Å². The Balaban J connectivity index is 2.29. The molecule has 4 nitrogen and oxygen atoms in total. The standard InChI is InChI=1S/C16H27NO3S/c1-12-5-13(2)7-15(6-12)20-9-14(18)8-17-10-16(3,19)11-21-4/h5-7,14,17-19H,8-11H2,1-4H3. The van der Waals surface area contributed by atoms with E-state index in [0.717, 1.165) is 16.9 Å². The van der Waals surface area contributed by atoms with Crippen molar-refractivity contribution in [1.29, 1.82) is 0 Å². The Morgan fingerprint density at radius 3 is 2.48 bits per heavy atom. The predicted octanol–water partition coefficient (Wildman–Crippen LogP) is 1.75. The Morgan fingerprint density at radius 2 is 1.90 bits per heavy atom. The first kappa shape index (κ1) is 18.3. The summed E-state index contributed by atoms with van der Waals surface area (Å²) in [6.45, 7) is 6.91. The van der Waals surface area contributed by atoms with E-state index in [1.165, 1.54) is 0 Å². The van der Waals surface area contributed by atoms with Crippen LogP contribution in [0.5, 0.6) is 5.75 Å². The van der Waals surface area contributed by atoms with Crippen LogP contribution in [0.25, 0.3) is 0 Å². The molecule has 0 radical (unpaired) electrons. The lowest BCUT2D eigenvalue weighted by Crippen LogP contribution is -2.43. The third-order valence-electron chi connectivity index (χ3n) is 2.98. The van der Waals surface area contributed by atoms with Gasteiger partial charge in [-0.3, -0.25) is 0 Å². The highest BCUT2D eigenvalue weighted by molar-refractivity contribution is 7.98. The van der Waals surface area contributed by atoms with E-state index >= 15 is 0 Å². The molecule has 1 aromatic rings. The number of aliphatic hydroxyl groups excluding tert-OH is 1. The molecular weight excluding hydrogens is 286 g/mol. The van der Waals surface area contributed by atoms with E-state index in [4.69, 9.17) is 4.74 Å². The number of hydrogen-bond acceptors (Lipinski definition) is 5. The van der Waals surface area contributed by atoms with Crippen molar-refractivity contribution in [2.24, 2.45) is 0 Å². The van der Waals surface area contributed by atoms with Crippen molar-refractivity contribution in [2.45, 2.75) is 32.5 Å². The summed E-state index contributed by atoms with van der Waals surface area (Å²) < 4.78 is 5.60. The average molecular weight is 313 g/mol. The summed E-state index contributed by atoms with van der Waals surface area (Å²) in [4.78, 5) is 0.